The summed E-state index contributed by atoms with van der Waals surface area (Å²) in [6.07, 6.45) is 0.516. The fraction of sp³-hybridized carbons (Fsp3) is 0.182. The van der Waals surface area contributed by atoms with Crippen LogP contribution in [-0.2, 0) is 6.42 Å². The average Bonchev–Trinajstić information content (AvgIpc) is 2.76. The predicted octanol–water partition coefficient (Wildman–Crippen LogP) is 2.94. The first-order valence-corrected chi connectivity index (χ1v) is 6.35. The lowest BCUT2D eigenvalue weighted by molar-refractivity contribution is 0.0689. The van der Waals surface area contributed by atoms with E-state index in [1.165, 1.54) is 4.68 Å². The Kier molecular flexibility index (Phi) is 3.68. The number of carbonyl (C=O) groups is 1. The zero-order valence-electron chi connectivity index (χ0n) is 9.39. The highest BCUT2D eigenvalue weighted by atomic mass is 79.9. The van der Waals surface area contributed by atoms with Gasteiger partial charge in [-0.15, -0.1) is 5.10 Å². The third kappa shape index (κ3) is 2.26. The number of nitrogens with zero attached hydrogens (tertiary/aromatic N) is 3. The molecule has 5 nitrogen and oxygen atoms in total. The van der Waals surface area contributed by atoms with Crippen LogP contribution in [0, 0.1) is 0 Å². The topological polar surface area (TPSA) is 68.0 Å². The van der Waals surface area contributed by atoms with E-state index in [4.69, 9.17) is 16.7 Å². The Labute approximate surface area is 117 Å². The smallest absolute Gasteiger partial charge is 0.358 e. The SMILES string of the molecule is CCc1c(C(=O)O)nnn1-c1ccc(Br)c(Cl)c1. The zero-order valence-corrected chi connectivity index (χ0v) is 11.7. The Hall–Kier alpha value is -1.40. The number of benzene rings is 1. The van der Waals surface area contributed by atoms with Crippen molar-refractivity contribution in [2.75, 3.05) is 0 Å². The van der Waals surface area contributed by atoms with Gasteiger partial charge < -0.3 is 5.11 Å². The molecule has 7 heteroatoms. The number of aromatic carboxylic acids is 1. The van der Waals surface area contributed by atoms with Gasteiger partial charge in [0, 0.05) is 4.47 Å². The van der Waals surface area contributed by atoms with Crippen molar-refractivity contribution in [3.8, 4) is 5.69 Å². The van der Waals surface area contributed by atoms with E-state index in [0.29, 0.717) is 22.8 Å². The number of aromatic nitrogens is 3. The van der Waals surface area contributed by atoms with Crippen molar-refractivity contribution in [1.29, 1.82) is 0 Å². The van der Waals surface area contributed by atoms with Gasteiger partial charge in [0.05, 0.1) is 16.4 Å². The summed E-state index contributed by atoms with van der Waals surface area (Å²) in [5, 5.41) is 17.1. The molecule has 1 aromatic heterocycles. The Bertz CT molecular complexity index is 612. The third-order valence-corrected chi connectivity index (χ3v) is 3.68. The minimum atomic E-state index is -1.08. The molecule has 94 valence electrons. The Morgan fingerprint density at radius 2 is 2.28 bits per heavy atom. The molecule has 0 spiro atoms. The van der Waals surface area contributed by atoms with Crippen molar-refractivity contribution in [3.05, 3.63) is 39.1 Å². The molecule has 18 heavy (non-hydrogen) atoms. The molecular formula is C11H9BrClN3O2. The molecule has 0 amide bonds. The highest BCUT2D eigenvalue weighted by Crippen LogP contribution is 2.25. The normalized spacial score (nSPS) is 10.6. The molecular weight excluding hydrogens is 321 g/mol. The summed E-state index contributed by atoms with van der Waals surface area (Å²) in [6, 6.07) is 5.26. The lowest BCUT2D eigenvalue weighted by atomic mass is 10.2. The maximum Gasteiger partial charge on any atom is 0.358 e. The molecule has 0 bridgehead atoms. The van der Waals surface area contributed by atoms with Crippen LogP contribution in [0.2, 0.25) is 5.02 Å². The molecule has 0 aliphatic heterocycles. The fourth-order valence-electron chi connectivity index (χ4n) is 1.61. The van der Waals surface area contributed by atoms with Gasteiger partial charge in [0.25, 0.3) is 0 Å². The van der Waals surface area contributed by atoms with E-state index in [-0.39, 0.29) is 5.69 Å². The number of hydrogen-bond acceptors (Lipinski definition) is 3. The number of halogens is 2. The maximum atomic E-state index is 11.0. The van der Waals surface area contributed by atoms with Crippen LogP contribution in [0.15, 0.2) is 22.7 Å². The van der Waals surface area contributed by atoms with Crippen molar-refractivity contribution in [3.63, 3.8) is 0 Å². The van der Waals surface area contributed by atoms with Gasteiger partial charge in [0.2, 0.25) is 0 Å². The number of carboxylic acid groups (broad SMARTS) is 1. The molecule has 0 saturated carbocycles. The van der Waals surface area contributed by atoms with Crippen LogP contribution in [0.3, 0.4) is 0 Å². The van der Waals surface area contributed by atoms with Crippen molar-refractivity contribution in [1.82, 2.24) is 15.0 Å². The van der Waals surface area contributed by atoms with E-state index in [0.717, 1.165) is 4.47 Å². The van der Waals surface area contributed by atoms with Gasteiger partial charge in [-0.1, -0.05) is 23.7 Å². The minimum Gasteiger partial charge on any atom is -0.476 e. The summed E-state index contributed by atoms with van der Waals surface area (Å²) in [7, 11) is 0. The standard InChI is InChI=1S/C11H9BrClN3O2/c1-2-9-10(11(17)18)14-15-16(9)6-3-4-7(12)8(13)5-6/h3-5H,2H2,1H3,(H,17,18). The first kappa shape index (κ1) is 13.0. The molecule has 0 radical (unpaired) electrons. The largest absolute Gasteiger partial charge is 0.476 e. The second-order valence-electron chi connectivity index (χ2n) is 3.55. The summed E-state index contributed by atoms with van der Waals surface area (Å²) in [4.78, 5) is 11.0. The summed E-state index contributed by atoms with van der Waals surface area (Å²) >= 11 is 9.30. The predicted molar refractivity (Wildman–Crippen MR) is 70.4 cm³/mol. The van der Waals surface area contributed by atoms with Crippen molar-refractivity contribution in [2.24, 2.45) is 0 Å². The van der Waals surface area contributed by atoms with Gasteiger partial charge in [-0.2, -0.15) is 0 Å². The van der Waals surface area contributed by atoms with Gasteiger partial charge >= 0.3 is 5.97 Å². The number of carboxylic acids is 1. The van der Waals surface area contributed by atoms with E-state index in [1.807, 2.05) is 6.92 Å². The maximum absolute atomic E-state index is 11.0. The van der Waals surface area contributed by atoms with E-state index in [9.17, 15) is 4.79 Å². The Morgan fingerprint density at radius 3 is 2.83 bits per heavy atom. The van der Waals surface area contributed by atoms with Gasteiger partial charge in [-0.25, -0.2) is 9.48 Å². The van der Waals surface area contributed by atoms with E-state index in [2.05, 4.69) is 26.2 Å². The summed E-state index contributed by atoms with van der Waals surface area (Å²) in [5.74, 6) is -1.08. The summed E-state index contributed by atoms with van der Waals surface area (Å²) < 4.78 is 2.26. The van der Waals surface area contributed by atoms with Crippen LogP contribution in [-0.4, -0.2) is 26.1 Å². The highest BCUT2D eigenvalue weighted by molar-refractivity contribution is 9.10. The zero-order chi connectivity index (χ0) is 13.3. The quantitative estimate of drug-likeness (QED) is 0.939. The van der Waals surface area contributed by atoms with Crippen LogP contribution in [0.1, 0.15) is 23.1 Å². The molecule has 0 atom stereocenters. The molecule has 1 aromatic carbocycles. The van der Waals surface area contributed by atoms with Gasteiger partial charge in [0.15, 0.2) is 5.69 Å². The lowest BCUT2D eigenvalue weighted by Gasteiger charge is -2.06. The van der Waals surface area contributed by atoms with Gasteiger partial charge in [-0.3, -0.25) is 0 Å². The van der Waals surface area contributed by atoms with E-state index < -0.39 is 5.97 Å². The molecule has 2 rings (SSSR count). The van der Waals surface area contributed by atoms with Crippen LogP contribution in [0.4, 0.5) is 0 Å². The molecule has 1 N–H and O–H groups in total. The molecule has 1 heterocycles. The first-order chi connectivity index (χ1) is 8.54. The third-order valence-electron chi connectivity index (χ3n) is 2.45. The number of rotatable bonds is 3. The highest BCUT2D eigenvalue weighted by Gasteiger charge is 2.18. The van der Waals surface area contributed by atoms with Gasteiger partial charge in [0.1, 0.15) is 0 Å². The van der Waals surface area contributed by atoms with Crippen LogP contribution >= 0.6 is 27.5 Å². The molecule has 0 fully saturated rings. The van der Waals surface area contributed by atoms with Crippen molar-refractivity contribution >= 4 is 33.5 Å². The van der Waals surface area contributed by atoms with Crippen LogP contribution in [0.25, 0.3) is 5.69 Å². The molecule has 0 saturated heterocycles. The first-order valence-electron chi connectivity index (χ1n) is 5.18. The lowest BCUT2D eigenvalue weighted by Crippen LogP contribution is -2.05. The van der Waals surface area contributed by atoms with Crippen LogP contribution in [0.5, 0.6) is 0 Å². The Morgan fingerprint density at radius 1 is 1.56 bits per heavy atom. The van der Waals surface area contributed by atoms with Crippen LogP contribution < -0.4 is 0 Å². The number of hydrogen-bond donors (Lipinski definition) is 1. The van der Waals surface area contributed by atoms with Gasteiger partial charge in [-0.05, 0) is 40.5 Å². The van der Waals surface area contributed by atoms with Crippen molar-refractivity contribution in [2.45, 2.75) is 13.3 Å². The Balaban J connectivity index is 2.57. The molecule has 0 aliphatic carbocycles. The molecule has 2 aromatic rings. The van der Waals surface area contributed by atoms with E-state index in [1.54, 1.807) is 18.2 Å². The average molecular weight is 331 g/mol. The van der Waals surface area contributed by atoms with Crippen molar-refractivity contribution < 1.29 is 9.90 Å². The van der Waals surface area contributed by atoms with E-state index >= 15 is 0 Å². The fourth-order valence-corrected chi connectivity index (χ4v) is 2.03. The molecule has 0 unspecified atom stereocenters. The monoisotopic (exact) mass is 329 g/mol. The summed E-state index contributed by atoms with van der Waals surface area (Å²) in [6.45, 7) is 1.85. The molecule has 0 aliphatic rings. The second kappa shape index (κ2) is 5.07. The summed E-state index contributed by atoms with van der Waals surface area (Å²) in [5.41, 5.74) is 1.19. The minimum absolute atomic E-state index is 0.0310. The second-order valence-corrected chi connectivity index (χ2v) is 4.82.